The first-order valence-electron chi connectivity index (χ1n) is 8.99. The van der Waals surface area contributed by atoms with Crippen molar-refractivity contribution in [2.24, 2.45) is 0 Å². The Kier molecular flexibility index (Phi) is 6.22. The summed E-state index contributed by atoms with van der Waals surface area (Å²) in [5.41, 5.74) is 4.05. The summed E-state index contributed by atoms with van der Waals surface area (Å²) in [6, 6.07) is 20.3. The van der Waals surface area contributed by atoms with Crippen LogP contribution in [0.2, 0.25) is 0 Å². The Balaban J connectivity index is 1.99. The zero-order chi connectivity index (χ0) is 19.9. The second kappa shape index (κ2) is 9.00. The lowest BCUT2D eigenvalue weighted by molar-refractivity contribution is 0.414. The molecule has 0 N–H and O–H groups in total. The highest BCUT2D eigenvalue weighted by Crippen LogP contribution is 2.27. The molecular weight excluding hydrogens is 351 g/mol. The molecule has 0 fully saturated rings. The average molecular weight is 374 g/mol. The van der Waals surface area contributed by atoms with Gasteiger partial charge in [-0.25, -0.2) is 4.39 Å². The molecule has 2 aromatic carbocycles. The van der Waals surface area contributed by atoms with Gasteiger partial charge >= 0.3 is 0 Å². The highest BCUT2D eigenvalue weighted by atomic mass is 19.1. The number of ether oxygens (including phenoxy) is 1. The predicted molar refractivity (Wildman–Crippen MR) is 112 cm³/mol. The van der Waals surface area contributed by atoms with E-state index in [4.69, 9.17) is 4.74 Å². The minimum atomic E-state index is -0.220. The highest BCUT2D eigenvalue weighted by molar-refractivity contribution is 5.81. The summed E-state index contributed by atoms with van der Waals surface area (Å²) in [5, 5.41) is 0. The Morgan fingerprint density at radius 3 is 2.61 bits per heavy atom. The van der Waals surface area contributed by atoms with Crippen LogP contribution in [0.3, 0.4) is 0 Å². The van der Waals surface area contributed by atoms with E-state index in [0.29, 0.717) is 12.1 Å². The first-order valence-corrected chi connectivity index (χ1v) is 8.99. The Hall–Kier alpha value is -3.40. The summed E-state index contributed by atoms with van der Waals surface area (Å²) in [6.07, 6.45) is 3.71. The molecule has 0 saturated carbocycles. The molecule has 3 rings (SSSR count). The maximum absolute atomic E-state index is 14.2. The Bertz CT molecular complexity index is 983. The van der Waals surface area contributed by atoms with Crippen LogP contribution in [-0.2, 0) is 6.54 Å². The van der Waals surface area contributed by atoms with Crippen molar-refractivity contribution in [1.29, 1.82) is 0 Å². The Morgan fingerprint density at radius 2 is 1.89 bits per heavy atom. The van der Waals surface area contributed by atoms with E-state index >= 15 is 0 Å². The summed E-state index contributed by atoms with van der Waals surface area (Å²) in [5.74, 6) is 0.536. The fourth-order valence-electron chi connectivity index (χ4n) is 2.96. The number of hydrogen-bond acceptors (Lipinski definition) is 3. The van der Waals surface area contributed by atoms with E-state index in [2.05, 4.69) is 11.6 Å². The molecule has 0 spiro atoms. The highest BCUT2D eigenvalue weighted by Gasteiger charge is 2.13. The van der Waals surface area contributed by atoms with Gasteiger partial charge in [-0.3, -0.25) is 4.98 Å². The van der Waals surface area contributed by atoms with Crippen molar-refractivity contribution in [2.45, 2.75) is 6.54 Å². The molecule has 0 saturated heterocycles. The molecule has 0 aliphatic rings. The lowest BCUT2D eigenvalue weighted by Gasteiger charge is -2.24. The summed E-state index contributed by atoms with van der Waals surface area (Å²) >= 11 is 0. The number of nitrogens with zero attached hydrogens (tertiary/aromatic N) is 2. The molecule has 0 atom stereocenters. The third kappa shape index (κ3) is 4.65. The lowest BCUT2D eigenvalue weighted by Crippen LogP contribution is -2.17. The first-order chi connectivity index (χ1) is 13.6. The SMILES string of the molecule is C=C(/C=C(/c1cccc(OC)c1)N(C)Cc1ccccc1F)c1ccccn1. The van der Waals surface area contributed by atoms with Crippen molar-refractivity contribution >= 4 is 11.3 Å². The molecule has 1 aromatic heterocycles. The van der Waals surface area contributed by atoms with Gasteiger partial charge in [0, 0.05) is 36.6 Å². The van der Waals surface area contributed by atoms with Gasteiger partial charge in [0.25, 0.3) is 0 Å². The van der Waals surface area contributed by atoms with Crippen LogP contribution in [0.4, 0.5) is 4.39 Å². The van der Waals surface area contributed by atoms with Crippen molar-refractivity contribution in [3.05, 3.63) is 108 Å². The number of halogens is 1. The minimum Gasteiger partial charge on any atom is -0.497 e. The van der Waals surface area contributed by atoms with Crippen LogP contribution >= 0.6 is 0 Å². The van der Waals surface area contributed by atoms with Gasteiger partial charge in [0.05, 0.1) is 12.8 Å². The second-order valence-corrected chi connectivity index (χ2v) is 6.45. The Morgan fingerprint density at radius 1 is 1.11 bits per heavy atom. The molecule has 1 heterocycles. The van der Waals surface area contributed by atoms with E-state index < -0.39 is 0 Å². The molecule has 0 aliphatic carbocycles. The summed E-state index contributed by atoms with van der Waals surface area (Å²) < 4.78 is 19.5. The lowest BCUT2D eigenvalue weighted by atomic mass is 10.1. The summed E-state index contributed by atoms with van der Waals surface area (Å²) in [7, 11) is 3.57. The number of benzene rings is 2. The zero-order valence-corrected chi connectivity index (χ0v) is 16.1. The summed E-state index contributed by atoms with van der Waals surface area (Å²) in [6.45, 7) is 4.59. The minimum absolute atomic E-state index is 0.220. The molecule has 0 amide bonds. The topological polar surface area (TPSA) is 25.4 Å². The largest absolute Gasteiger partial charge is 0.497 e. The van der Waals surface area contributed by atoms with Crippen LogP contribution in [-0.4, -0.2) is 24.0 Å². The molecule has 0 unspecified atom stereocenters. The van der Waals surface area contributed by atoms with Crippen molar-refractivity contribution in [1.82, 2.24) is 9.88 Å². The monoisotopic (exact) mass is 374 g/mol. The van der Waals surface area contributed by atoms with Gasteiger partial charge in [-0.15, -0.1) is 0 Å². The average Bonchev–Trinajstić information content (AvgIpc) is 2.74. The van der Waals surface area contributed by atoms with Gasteiger partial charge < -0.3 is 9.64 Å². The molecule has 4 heteroatoms. The van der Waals surface area contributed by atoms with Gasteiger partial charge in [0.2, 0.25) is 0 Å². The molecule has 0 radical (unpaired) electrons. The number of methoxy groups -OCH3 is 1. The van der Waals surface area contributed by atoms with Gasteiger partial charge in [-0.1, -0.05) is 43.0 Å². The van der Waals surface area contributed by atoms with Crippen molar-refractivity contribution in [3.8, 4) is 5.75 Å². The first kappa shape index (κ1) is 19.4. The van der Waals surface area contributed by atoms with E-state index in [1.165, 1.54) is 6.07 Å². The van der Waals surface area contributed by atoms with Crippen LogP contribution in [0.15, 0.2) is 85.6 Å². The molecule has 28 heavy (non-hydrogen) atoms. The van der Waals surface area contributed by atoms with Crippen LogP contribution in [0.25, 0.3) is 11.3 Å². The van der Waals surface area contributed by atoms with Gasteiger partial charge in [0.15, 0.2) is 0 Å². The quantitative estimate of drug-likeness (QED) is 0.517. The number of pyridine rings is 1. The maximum Gasteiger partial charge on any atom is 0.128 e. The molecule has 0 aliphatic heterocycles. The van der Waals surface area contributed by atoms with E-state index in [0.717, 1.165) is 28.3 Å². The molecule has 3 nitrogen and oxygen atoms in total. The fourth-order valence-corrected chi connectivity index (χ4v) is 2.96. The molecular formula is C24H23FN2O. The van der Waals surface area contributed by atoms with Crippen LogP contribution in [0, 0.1) is 5.82 Å². The third-order valence-electron chi connectivity index (χ3n) is 4.45. The van der Waals surface area contributed by atoms with Crippen LogP contribution in [0.5, 0.6) is 5.75 Å². The molecule has 0 bridgehead atoms. The number of allylic oxidation sites excluding steroid dienone is 2. The van der Waals surface area contributed by atoms with Gasteiger partial charge in [0.1, 0.15) is 11.6 Å². The van der Waals surface area contributed by atoms with E-state index in [-0.39, 0.29) is 5.82 Å². The Labute approximate surface area is 165 Å². The van der Waals surface area contributed by atoms with Crippen molar-refractivity contribution < 1.29 is 9.13 Å². The standard InChI is InChI=1S/C24H23FN2O/c1-18(23-13-6-7-14-26-23)15-24(19-10-8-11-21(16-19)28-3)27(2)17-20-9-4-5-12-22(20)25/h4-16H,1,17H2,2-3H3/b24-15-. The fraction of sp³-hybridized carbons (Fsp3) is 0.125. The van der Waals surface area contributed by atoms with E-state index in [9.17, 15) is 4.39 Å². The van der Waals surface area contributed by atoms with E-state index in [1.54, 1.807) is 25.4 Å². The van der Waals surface area contributed by atoms with Gasteiger partial charge in [-0.2, -0.15) is 0 Å². The number of rotatable bonds is 7. The molecule has 142 valence electrons. The third-order valence-corrected chi connectivity index (χ3v) is 4.45. The van der Waals surface area contributed by atoms with Crippen molar-refractivity contribution in [3.63, 3.8) is 0 Å². The molecule has 3 aromatic rings. The normalized spacial score (nSPS) is 11.2. The zero-order valence-electron chi connectivity index (χ0n) is 16.1. The van der Waals surface area contributed by atoms with E-state index in [1.807, 2.05) is 66.6 Å². The number of hydrogen-bond donors (Lipinski definition) is 0. The van der Waals surface area contributed by atoms with Crippen LogP contribution in [0.1, 0.15) is 16.8 Å². The second-order valence-electron chi connectivity index (χ2n) is 6.45. The smallest absolute Gasteiger partial charge is 0.128 e. The van der Waals surface area contributed by atoms with Gasteiger partial charge in [-0.05, 0) is 42.0 Å². The maximum atomic E-state index is 14.2. The van der Waals surface area contributed by atoms with Crippen LogP contribution < -0.4 is 4.74 Å². The predicted octanol–water partition coefficient (Wildman–Crippen LogP) is 5.42. The number of aromatic nitrogens is 1. The summed E-state index contributed by atoms with van der Waals surface area (Å²) in [4.78, 5) is 6.37. The van der Waals surface area contributed by atoms with Crippen molar-refractivity contribution in [2.75, 3.05) is 14.2 Å².